The molecule has 0 spiro atoms. The van der Waals surface area contributed by atoms with Crippen LogP contribution in [0.25, 0.3) is 11.3 Å². The number of nitrogens with one attached hydrogen (secondary N) is 1. The zero-order chi connectivity index (χ0) is 16.9. The topological polar surface area (TPSA) is 64.1 Å². The molecule has 0 aliphatic rings. The van der Waals surface area contributed by atoms with Gasteiger partial charge in [0.05, 0.1) is 0 Å². The van der Waals surface area contributed by atoms with Crippen molar-refractivity contribution in [1.29, 1.82) is 0 Å². The molecule has 0 bridgehead atoms. The van der Waals surface area contributed by atoms with Crippen molar-refractivity contribution >= 4 is 34.7 Å². The van der Waals surface area contributed by atoms with Gasteiger partial charge >= 0.3 is 0 Å². The van der Waals surface area contributed by atoms with Crippen LogP contribution in [0, 0.1) is 6.92 Å². The highest BCUT2D eigenvalue weighted by molar-refractivity contribution is 7.03. The summed E-state index contributed by atoms with van der Waals surface area (Å²) in [6, 6.07) is 12.7. The van der Waals surface area contributed by atoms with Crippen molar-refractivity contribution in [2.45, 2.75) is 6.92 Å². The van der Waals surface area contributed by atoms with E-state index in [2.05, 4.69) is 14.9 Å². The van der Waals surface area contributed by atoms with E-state index in [0.717, 1.165) is 16.8 Å². The zero-order valence-corrected chi connectivity index (χ0v) is 14.4. The molecule has 0 unspecified atom stereocenters. The molecule has 0 fully saturated rings. The first kappa shape index (κ1) is 16.4. The molecule has 122 valence electrons. The van der Waals surface area contributed by atoms with Crippen molar-refractivity contribution in [2.75, 3.05) is 11.9 Å². The fourth-order valence-electron chi connectivity index (χ4n) is 2.13. The molecular weight excluding hydrogens is 346 g/mol. The van der Waals surface area contributed by atoms with Crippen molar-refractivity contribution in [3.63, 3.8) is 0 Å². The average molecular weight is 360 g/mol. The number of hydrogen-bond donors (Lipinski definition) is 1. The molecule has 0 aliphatic carbocycles. The van der Waals surface area contributed by atoms with Gasteiger partial charge in [-0.15, -0.1) is 5.10 Å². The largest absolute Gasteiger partial charge is 0.483 e. The first-order chi connectivity index (χ1) is 11.6. The van der Waals surface area contributed by atoms with E-state index in [0.29, 0.717) is 16.5 Å². The van der Waals surface area contributed by atoms with Gasteiger partial charge in [0, 0.05) is 21.7 Å². The summed E-state index contributed by atoms with van der Waals surface area (Å²) in [6.07, 6.45) is 0. The molecule has 1 amide bonds. The maximum atomic E-state index is 12.0. The molecule has 1 heterocycles. The highest BCUT2D eigenvalue weighted by Crippen LogP contribution is 2.22. The second-order valence-corrected chi connectivity index (χ2v) is 6.16. The number of hydrogen-bond acceptors (Lipinski definition) is 5. The Morgan fingerprint density at radius 1 is 1.25 bits per heavy atom. The Hall–Kier alpha value is -2.44. The number of aryl methyl sites for hydroxylation is 1. The van der Waals surface area contributed by atoms with Crippen molar-refractivity contribution in [3.05, 3.63) is 58.4 Å². The standard InChI is InChI=1S/C17H14ClN3O2S/c1-11-8-13(18)4-7-16(11)23-9-17(22)19-14-5-2-12(3-6-14)15-10-24-21-20-15/h2-8,10H,9H2,1H3,(H,19,22). The number of carbonyl (C=O) groups is 1. The van der Waals surface area contributed by atoms with E-state index in [-0.39, 0.29) is 12.5 Å². The Balaban J connectivity index is 1.56. The Labute approximate surface area is 148 Å². The van der Waals surface area contributed by atoms with Crippen LogP contribution in [-0.4, -0.2) is 22.1 Å². The first-order valence-corrected chi connectivity index (χ1v) is 8.39. The summed E-state index contributed by atoms with van der Waals surface area (Å²) in [7, 11) is 0. The molecule has 0 saturated carbocycles. The summed E-state index contributed by atoms with van der Waals surface area (Å²) in [5.74, 6) is 0.411. The van der Waals surface area contributed by atoms with E-state index in [4.69, 9.17) is 16.3 Å². The van der Waals surface area contributed by atoms with Gasteiger partial charge in [-0.1, -0.05) is 28.2 Å². The monoisotopic (exact) mass is 359 g/mol. The third kappa shape index (κ3) is 4.10. The van der Waals surface area contributed by atoms with Crippen LogP contribution in [0.3, 0.4) is 0 Å². The van der Waals surface area contributed by atoms with Crippen LogP contribution in [0.4, 0.5) is 5.69 Å². The number of ether oxygens (including phenoxy) is 1. The first-order valence-electron chi connectivity index (χ1n) is 7.18. The Kier molecular flexibility index (Phi) is 5.08. The molecule has 0 radical (unpaired) electrons. The van der Waals surface area contributed by atoms with Crippen LogP contribution >= 0.6 is 23.1 Å². The summed E-state index contributed by atoms with van der Waals surface area (Å²) in [5, 5.41) is 9.31. The number of rotatable bonds is 5. The zero-order valence-electron chi connectivity index (χ0n) is 12.8. The molecule has 0 saturated heterocycles. The van der Waals surface area contributed by atoms with E-state index in [1.165, 1.54) is 11.5 Å². The number of nitrogens with zero attached hydrogens (tertiary/aromatic N) is 2. The minimum absolute atomic E-state index is 0.0692. The predicted octanol–water partition coefficient (Wildman–Crippen LogP) is 4.18. The summed E-state index contributed by atoms with van der Waals surface area (Å²) >= 11 is 7.19. The third-order valence-electron chi connectivity index (χ3n) is 3.32. The minimum atomic E-state index is -0.229. The van der Waals surface area contributed by atoms with Gasteiger partial charge in [0.15, 0.2) is 6.61 Å². The molecule has 0 aliphatic heterocycles. The van der Waals surface area contributed by atoms with E-state index < -0.39 is 0 Å². The molecule has 24 heavy (non-hydrogen) atoms. The van der Waals surface area contributed by atoms with Crippen LogP contribution in [0.1, 0.15) is 5.56 Å². The lowest BCUT2D eigenvalue weighted by Gasteiger charge is -2.10. The predicted molar refractivity (Wildman–Crippen MR) is 95.7 cm³/mol. The van der Waals surface area contributed by atoms with E-state index >= 15 is 0 Å². The number of carbonyl (C=O) groups excluding carboxylic acids is 1. The maximum Gasteiger partial charge on any atom is 0.262 e. The van der Waals surface area contributed by atoms with Crippen LogP contribution in [0.15, 0.2) is 47.8 Å². The number of halogens is 1. The van der Waals surface area contributed by atoms with Crippen molar-refractivity contribution in [2.24, 2.45) is 0 Å². The molecule has 3 aromatic rings. The number of anilines is 1. The molecule has 1 N–H and O–H groups in total. The quantitative estimate of drug-likeness (QED) is 0.742. The fraction of sp³-hybridized carbons (Fsp3) is 0.118. The molecule has 2 aromatic carbocycles. The number of amides is 1. The van der Waals surface area contributed by atoms with E-state index in [1.807, 2.05) is 36.6 Å². The molecule has 5 nitrogen and oxygen atoms in total. The molecule has 7 heteroatoms. The lowest BCUT2D eigenvalue weighted by molar-refractivity contribution is -0.118. The number of benzene rings is 2. The van der Waals surface area contributed by atoms with Gasteiger partial charge in [0.1, 0.15) is 11.4 Å². The van der Waals surface area contributed by atoms with Gasteiger partial charge in [-0.25, -0.2) is 0 Å². The van der Waals surface area contributed by atoms with Crippen LogP contribution in [-0.2, 0) is 4.79 Å². The molecule has 0 atom stereocenters. The van der Waals surface area contributed by atoms with E-state index in [1.54, 1.807) is 18.2 Å². The van der Waals surface area contributed by atoms with Gasteiger partial charge in [-0.3, -0.25) is 4.79 Å². The summed E-state index contributed by atoms with van der Waals surface area (Å²) in [5.41, 5.74) is 3.36. The van der Waals surface area contributed by atoms with Crippen molar-refractivity contribution in [1.82, 2.24) is 9.59 Å². The highest BCUT2D eigenvalue weighted by Gasteiger charge is 2.07. The normalized spacial score (nSPS) is 10.4. The van der Waals surface area contributed by atoms with Crippen LogP contribution in [0.5, 0.6) is 5.75 Å². The SMILES string of the molecule is Cc1cc(Cl)ccc1OCC(=O)Nc1ccc(-c2csnn2)cc1. The third-order valence-corrected chi connectivity index (χ3v) is 4.06. The second kappa shape index (κ2) is 7.42. The van der Waals surface area contributed by atoms with Crippen LogP contribution in [0.2, 0.25) is 5.02 Å². The Bertz CT molecular complexity index is 836. The highest BCUT2D eigenvalue weighted by atomic mass is 35.5. The van der Waals surface area contributed by atoms with Gasteiger partial charge in [0.2, 0.25) is 0 Å². The van der Waals surface area contributed by atoms with Gasteiger partial charge in [0.25, 0.3) is 5.91 Å². The summed E-state index contributed by atoms with van der Waals surface area (Å²) in [4.78, 5) is 12.0. The second-order valence-electron chi connectivity index (χ2n) is 5.11. The van der Waals surface area contributed by atoms with Gasteiger partial charge < -0.3 is 10.1 Å². The minimum Gasteiger partial charge on any atom is -0.483 e. The smallest absolute Gasteiger partial charge is 0.262 e. The van der Waals surface area contributed by atoms with Crippen molar-refractivity contribution in [3.8, 4) is 17.0 Å². The van der Waals surface area contributed by atoms with Gasteiger partial charge in [-0.2, -0.15) is 0 Å². The maximum absolute atomic E-state index is 12.0. The molecular formula is C17H14ClN3O2S. The summed E-state index contributed by atoms with van der Waals surface area (Å²) < 4.78 is 9.35. The average Bonchev–Trinajstić information content (AvgIpc) is 3.09. The van der Waals surface area contributed by atoms with Crippen LogP contribution < -0.4 is 10.1 Å². The summed E-state index contributed by atoms with van der Waals surface area (Å²) in [6.45, 7) is 1.81. The Morgan fingerprint density at radius 2 is 2.04 bits per heavy atom. The lowest BCUT2D eigenvalue weighted by Crippen LogP contribution is -2.20. The lowest BCUT2D eigenvalue weighted by atomic mass is 10.1. The number of aromatic nitrogens is 2. The molecule has 3 rings (SSSR count). The van der Waals surface area contributed by atoms with E-state index in [9.17, 15) is 4.79 Å². The molecule has 1 aromatic heterocycles. The Morgan fingerprint density at radius 3 is 2.71 bits per heavy atom. The fourth-order valence-corrected chi connectivity index (χ4v) is 2.82. The van der Waals surface area contributed by atoms with Crippen molar-refractivity contribution < 1.29 is 9.53 Å². The van der Waals surface area contributed by atoms with Gasteiger partial charge in [-0.05, 0) is 54.4 Å².